The molecule has 2 heterocycles. The number of rotatable bonds is 5. The van der Waals surface area contributed by atoms with Gasteiger partial charge >= 0.3 is 0 Å². The normalized spacial score (nSPS) is 11.2. The van der Waals surface area contributed by atoms with Gasteiger partial charge in [-0.15, -0.1) is 11.3 Å². The van der Waals surface area contributed by atoms with Crippen LogP contribution in [0.3, 0.4) is 0 Å². The van der Waals surface area contributed by atoms with E-state index in [1.54, 1.807) is 11.3 Å². The number of hydrogen-bond acceptors (Lipinski definition) is 4. The van der Waals surface area contributed by atoms with Gasteiger partial charge in [-0.2, -0.15) is 4.98 Å². The highest BCUT2D eigenvalue weighted by atomic mass is 32.1. The molecule has 1 N–H and O–H groups in total. The van der Waals surface area contributed by atoms with Crippen molar-refractivity contribution in [1.82, 2.24) is 19.7 Å². The molecule has 0 aliphatic rings. The van der Waals surface area contributed by atoms with Gasteiger partial charge in [-0.05, 0) is 43.2 Å². The molecule has 0 radical (unpaired) electrons. The highest BCUT2D eigenvalue weighted by molar-refractivity contribution is 7.71. The third-order valence-corrected chi connectivity index (χ3v) is 4.58. The molecular formula is C16H18N4S2. The van der Waals surface area contributed by atoms with Gasteiger partial charge in [0.2, 0.25) is 4.77 Å². The first-order valence-electron chi connectivity index (χ1n) is 7.06. The van der Waals surface area contributed by atoms with Gasteiger partial charge in [-0.25, -0.2) is 4.68 Å². The summed E-state index contributed by atoms with van der Waals surface area (Å²) in [6, 6.07) is 12.7. The van der Waals surface area contributed by atoms with Gasteiger partial charge in [0.25, 0.3) is 0 Å². The zero-order valence-electron chi connectivity index (χ0n) is 12.6. The van der Waals surface area contributed by atoms with Crippen molar-refractivity contribution in [1.29, 1.82) is 0 Å². The van der Waals surface area contributed by atoms with Crippen molar-refractivity contribution in [3.63, 3.8) is 0 Å². The van der Waals surface area contributed by atoms with Crippen LogP contribution >= 0.6 is 23.6 Å². The molecule has 0 aliphatic carbocycles. The lowest BCUT2D eigenvalue weighted by atomic mass is 10.1. The Bertz CT molecular complexity index is 784. The van der Waals surface area contributed by atoms with Gasteiger partial charge < -0.3 is 0 Å². The second kappa shape index (κ2) is 6.56. The molecule has 3 aromatic rings. The molecule has 3 rings (SSSR count). The predicted octanol–water partition coefficient (Wildman–Crippen LogP) is 4.07. The Balaban J connectivity index is 1.70. The van der Waals surface area contributed by atoms with Gasteiger partial charge in [0.15, 0.2) is 5.82 Å². The Morgan fingerprint density at radius 2 is 2.05 bits per heavy atom. The summed E-state index contributed by atoms with van der Waals surface area (Å²) < 4.78 is 2.48. The zero-order chi connectivity index (χ0) is 15.5. The number of aromatic amines is 1. The van der Waals surface area contributed by atoms with Gasteiger partial charge in [0.05, 0.1) is 11.5 Å². The summed E-state index contributed by atoms with van der Waals surface area (Å²) in [4.78, 5) is 7.74. The van der Waals surface area contributed by atoms with E-state index < -0.39 is 0 Å². The number of hydrogen-bond donors (Lipinski definition) is 1. The Hall–Kier alpha value is -1.76. The van der Waals surface area contributed by atoms with Crippen LogP contribution in [0.1, 0.15) is 11.1 Å². The molecule has 0 saturated heterocycles. The molecule has 0 amide bonds. The second-order valence-electron chi connectivity index (χ2n) is 5.40. The lowest BCUT2D eigenvalue weighted by molar-refractivity contribution is 0.244. The van der Waals surface area contributed by atoms with Crippen LogP contribution in [0.4, 0.5) is 0 Å². The third-order valence-electron chi connectivity index (χ3n) is 3.39. The van der Waals surface area contributed by atoms with Crippen LogP contribution in [-0.4, -0.2) is 26.7 Å². The van der Waals surface area contributed by atoms with Crippen LogP contribution in [0.5, 0.6) is 0 Å². The Morgan fingerprint density at radius 3 is 2.73 bits per heavy atom. The number of nitrogens with zero attached hydrogens (tertiary/aromatic N) is 3. The molecule has 0 aliphatic heterocycles. The second-order valence-corrected chi connectivity index (χ2v) is 6.71. The van der Waals surface area contributed by atoms with E-state index in [2.05, 4.69) is 53.2 Å². The number of nitrogens with one attached hydrogen (secondary N) is 1. The summed E-state index contributed by atoms with van der Waals surface area (Å²) in [5.41, 5.74) is 2.57. The minimum absolute atomic E-state index is 0.583. The topological polar surface area (TPSA) is 36.9 Å². The molecule has 114 valence electrons. The minimum atomic E-state index is 0.583. The maximum Gasteiger partial charge on any atom is 0.217 e. The van der Waals surface area contributed by atoms with Crippen LogP contribution in [-0.2, 0) is 13.2 Å². The smallest absolute Gasteiger partial charge is 0.217 e. The number of aryl methyl sites for hydroxylation is 1. The first kappa shape index (κ1) is 15.1. The minimum Gasteiger partial charge on any atom is -0.283 e. The summed E-state index contributed by atoms with van der Waals surface area (Å²) in [6.07, 6.45) is 0. The molecule has 0 saturated carbocycles. The van der Waals surface area contributed by atoms with Crippen LogP contribution in [0.15, 0.2) is 41.8 Å². The average molecular weight is 330 g/mol. The first-order chi connectivity index (χ1) is 10.6. The highest BCUT2D eigenvalue weighted by Gasteiger charge is 2.08. The third kappa shape index (κ3) is 3.52. The monoisotopic (exact) mass is 330 g/mol. The van der Waals surface area contributed by atoms with Crippen molar-refractivity contribution in [2.24, 2.45) is 0 Å². The summed E-state index contributed by atoms with van der Waals surface area (Å²) in [7, 11) is 2.08. The quantitative estimate of drug-likeness (QED) is 0.717. The van der Waals surface area contributed by atoms with Crippen molar-refractivity contribution in [3.8, 4) is 10.7 Å². The average Bonchev–Trinajstić information content (AvgIpc) is 3.12. The molecule has 6 heteroatoms. The molecule has 0 spiro atoms. The van der Waals surface area contributed by atoms with E-state index in [0.29, 0.717) is 11.4 Å². The van der Waals surface area contributed by atoms with Gasteiger partial charge in [-0.3, -0.25) is 10.00 Å². The summed E-state index contributed by atoms with van der Waals surface area (Å²) in [5.74, 6) is 0.837. The summed E-state index contributed by atoms with van der Waals surface area (Å²) in [5, 5.41) is 5.32. The summed E-state index contributed by atoms with van der Waals surface area (Å²) >= 11 is 7.00. The molecule has 0 bridgehead atoms. The Labute approximate surface area is 139 Å². The van der Waals surface area contributed by atoms with Crippen LogP contribution < -0.4 is 0 Å². The van der Waals surface area contributed by atoms with Crippen molar-refractivity contribution in [2.45, 2.75) is 20.1 Å². The predicted molar refractivity (Wildman–Crippen MR) is 93.4 cm³/mol. The number of thiophene rings is 1. The van der Waals surface area contributed by atoms with E-state index in [4.69, 9.17) is 12.2 Å². The van der Waals surface area contributed by atoms with Gasteiger partial charge in [-0.1, -0.05) is 35.9 Å². The molecule has 1 aromatic carbocycles. The van der Waals surface area contributed by atoms with E-state index in [1.807, 2.05) is 22.2 Å². The van der Waals surface area contributed by atoms with Crippen molar-refractivity contribution in [2.75, 3.05) is 7.05 Å². The Kier molecular flexibility index (Phi) is 4.52. The fourth-order valence-electron chi connectivity index (χ4n) is 2.27. The van der Waals surface area contributed by atoms with E-state index in [-0.39, 0.29) is 0 Å². The van der Waals surface area contributed by atoms with Crippen LogP contribution in [0.2, 0.25) is 0 Å². The summed E-state index contributed by atoms with van der Waals surface area (Å²) in [6.45, 7) is 3.66. The fraction of sp³-hybridized carbons (Fsp3) is 0.250. The standard InChI is InChI=1S/C16H18N4S2/c1-12-5-7-13(8-6-12)10-19(2)11-20-16(21)17-15(18-20)14-4-3-9-22-14/h3-9H,10-11H2,1-2H3,(H,17,18,21). The first-order valence-corrected chi connectivity index (χ1v) is 8.35. The molecule has 4 nitrogen and oxygen atoms in total. The van der Waals surface area contributed by atoms with E-state index >= 15 is 0 Å². The highest BCUT2D eigenvalue weighted by Crippen LogP contribution is 2.20. The van der Waals surface area contributed by atoms with Crippen molar-refractivity contribution >= 4 is 23.6 Å². The number of benzene rings is 1. The van der Waals surface area contributed by atoms with E-state index in [9.17, 15) is 0 Å². The largest absolute Gasteiger partial charge is 0.283 e. The SMILES string of the molecule is Cc1ccc(CN(C)Cn2[nH]c(-c3cccs3)nc2=S)cc1. The van der Waals surface area contributed by atoms with Crippen molar-refractivity contribution < 1.29 is 0 Å². The van der Waals surface area contributed by atoms with Gasteiger partial charge in [0.1, 0.15) is 0 Å². The molecule has 2 aromatic heterocycles. The van der Waals surface area contributed by atoms with Crippen LogP contribution in [0, 0.1) is 11.7 Å². The molecular weight excluding hydrogens is 312 g/mol. The molecule has 0 unspecified atom stereocenters. The maximum absolute atomic E-state index is 5.35. The molecule has 0 atom stereocenters. The Morgan fingerprint density at radius 1 is 1.27 bits per heavy atom. The van der Waals surface area contributed by atoms with E-state index in [0.717, 1.165) is 17.2 Å². The fourth-order valence-corrected chi connectivity index (χ4v) is 3.13. The van der Waals surface area contributed by atoms with E-state index in [1.165, 1.54) is 11.1 Å². The maximum atomic E-state index is 5.35. The van der Waals surface area contributed by atoms with Crippen LogP contribution in [0.25, 0.3) is 10.7 Å². The van der Waals surface area contributed by atoms with Gasteiger partial charge in [0, 0.05) is 6.54 Å². The number of aromatic nitrogens is 3. The number of H-pyrrole nitrogens is 1. The lowest BCUT2D eigenvalue weighted by Gasteiger charge is -2.17. The zero-order valence-corrected chi connectivity index (χ0v) is 14.2. The molecule has 0 fully saturated rings. The molecule has 22 heavy (non-hydrogen) atoms. The lowest BCUT2D eigenvalue weighted by Crippen LogP contribution is -2.22. The van der Waals surface area contributed by atoms with Crippen molar-refractivity contribution in [3.05, 3.63) is 57.7 Å².